The minimum absolute atomic E-state index is 0.0632. The van der Waals surface area contributed by atoms with Crippen LogP contribution in [0.15, 0.2) is 72.9 Å². The van der Waals surface area contributed by atoms with Gasteiger partial charge in [-0.05, 0) is 27.2 Å². The van der Waals surface area contributed by atoms with Crippen LogP contribution in [0.4, 0.5) is 0 Å². The average Bonchev–Trinajstić information content (AvgIpc) is 2.96. The minimum Gasteiger partial charge on any atom is -0.481 e. The third kappa shape index (κ3) is 90.1. The van der Waals surface area contributed by atoms with Crippen molar-refractivity contribution >= 4 is 65.7 Å². The van der Waals surface area contributed by atoms with Crippen molar-refractivity contribution in [3.63, 3.8) is 0 Å². The molecule has 0 saturated carbocycles. The molecular formula is C30H40O22. The van der Waals surface area contributed by atoms with Crippen molar-refractivity contribution in [2.75, 3.05) is 0 Å². The van der Waals surface area contributed by atoms with E-state index in [0.717, 1.165) is 12.2 Å². The standard InChI is InChI=1S/2C5H6O4.C5H8O4.C4H4O4.2C4H6O2.C3H4O2/c2*1-3(5(8)9)2-4(6)7;6-4(7)2-1-3-5(8)9;5-3(6)1-2-4(7)8;1-3(2)4(5)6;1-2-3-4(5)6;1-2-3(4)5/h2H,1H3,(H,6,7)(H,8,9);1-2H2,(H,6,7)(H,8,9);1-3H2,(H,6,7)(H,8,9);1-2H,(H,5,6)(H,7,8);1H2,2H3,(H,5,6);2-3H,1H3,(H,5,6);2H,1H2,(H,4,5). The quantitative estimate of drug-likeness (QED) is 0.113. The van der Waals surface area contributed by atoms with Gasteiger partial charge >= 0.3 is 65.7 Å². The fourth-order valence-electron chi connectivity index (χ4n) is 1.18. The highest BCUT2D eigenvalue weighted by Gasteiger charge is 2.07. The van der Waals surface area contributed by atoms with Crippen molar-refractivity contribution < 1.29 is 109 Å². The molecule has 292 valence electrons. The molecule has 0 fully saturated rings. The summed E-state index contributed by atoms with van der Waals surface area (Å²) in [4.78, 5) is 106. The van der Waals surface area contributed by atoms with E-state index in [0.29, 0.717) is 18.2 Å². The van der Waals surface area contributed by atoms with Gasteiger partial charge in [0.25, 0.3) is 0 Å². The van der Waals surface area contributed by atoms with Crippen LogP contribution in [-0.2, 0) is 52.7 Å². The van der Waals surface area contributed by atoms with Crippen molar-refractivity contribution in [3.05, 3.63) is 72.9 Å². The Bertz CT molecular complexity index is 1320. The minimum atomic E-state index is -1.27. The molecule has 0 spiro atoms. The Kier molecular flexibility index (Phi) is 45.9. The Morgan fingerprint density at radius 1 is 0.500 bits per heavy atom. The summed E-state index contributed by atoms with van der Waals surface area (Å²) in [5.41, 5.74) is -0.306. The maximum Gasteiger partial charge on any atom is 0.331 e. The molecule has 11 N–H and O–H groups in total. The molecular weight excluding hydrogens is 712 g/mol. The summed E-state index contributed by atoms with van der Waals surface area (Å²) in [5.74, 6) is -12.1. The molecule has 0 heterocycles. The Morgan fingerprint density at radius 3 is 0.923 bits per heavy atom. The van der Waals surface area contributed by atoms with Gasteiger partial charge in [-0.3, -0.25) is 14.4 Å². The van der Waals surface area contributed by atoms with Gasteiger partial charge in [-0.25, -0.2) is 38.4 Å². The van der Waals surface area contributed by atoms with Crippen molar-refractivity contribution in [3.8, 4) is 0 Å². The summed E-state index contributed by atoms with van der Waals surface area (Å²) in [6.45, 7) is 13.5. The van der Waals surface area contributed by atoms with Crippen molar-refractivity contribution in [2.45, 2.75) is 46.5 Å². The maximum absolute atomic E-state index is 9.90. The van der Waals surface area contributed by atoms with Crippen LogP contribution in [0.25, 0.3) is 0 Å². The fourth-order valence-corrected chi connectivity index (χ4v) is 1.18. The van der Waals surface area contributed by atoms with Gasteiger partial charge in [-0.2, -0.15) is 0 Å². The molecule has 0 saturated heterocycles. The fraction of sp³-hybridized carbons (Fsp3) is 0.233. The van der Waals surface area contributed by atoms with E-state index >= 15 is 0 Å². The predicted molar refractivity (Wildman–Crippen MR) is 174 cm³/mol. The third-order valence-electron chi connectivity index (χ3n) is 3.34. The topological polar surface area (TPSA) is 410 Å². The molecule has 0 aliphatic rings. The van der Waals surface area contributed by atoms with Gasteiger partial charge in [0, 0.05) is 59.9 Å². The number of rotatable bonds is 14. The molecule has 0 aromatic carbocycles. The molecule has 0 aliphatic carbocycles. The number of hydrogen-bond donors (Lipinski definition) is 11. The first-order valence-corrected chi connectivity index (χ1v) is 13.0. The van der Waals surface area contributed by atoms with Gasteiger partial charge in [0.1, 0.15) is 0 Å². The van der Waals surface area contributed by atoms with Gasteiger partial charge in [0.15, 0.2) is 0 Å². The van der Waals surface area contributed by atoms with Crippen molar-refractivity contribution in [1.82, 2.24) is 0 Å². The molecule has 0 aromatic heterocycles. The molecule has 22 heteroatoms. The van der Waals surface area contributed by atoms with Crippen molar-refractivity contribution in [2.24, 2.45) is 0 Å². The third-order valence-corrected chi connectivity index (χ3v) is 3.34. The van der Waals surface area contributed by atoms with Gasteiger partial charge in [-0.15, -0.1) is 0 Å². The molecule has 0 aliphatic heterocycles. The maximum atomic E-state index is 9.90. The first-order valence-electron chi connectivity index (χ1n) is 13.0. The normalized spacial score (nSPS) is 8.94. The smallest absolute Gasteiger partial charge is 0.331 e. The van der Waals surface area contributed by atoms with E-state index in [2.05, 4.69) is 19.7 Å². The lowest BCUT2D eigenvalue weighted by Gasteiger charge is -1.91. The number of carboxylic acids is 11. The zero-order valence-electron chi connectivity index (χ0n) is 27.8. The van der Waals surface area contributed by atoms with E-state index < -0.39 is 72.1 Å². The largest absolute Gasteiger partial charge is 0.481 e. The summed E-state index contributed by atoms with van der Waals surface area (Å²) in [7, 11) is 0. The second kappa shape index (κ2) is 39.8. The second-order valence-electron chi connectivity index (χ2n) is 8.07. The van der Waals surface area contributed by atoms with Gasteiger partial charge in [-0.1, -0.05) is 25.8 Å². The first-order chi connectivity index (χ1) is 23.5. The lowest BCUT2D eigenvalue weighted by molar-refractivity contribution is -0.139. The Hall–Kier alpha value is -7.39. The van der Waals surface area contributed by atoms with E-state index in [-0.39, 0.29) is 36.0 Å². The zero-order chi connectivity index (χ0) is 43.2. The Morgan fingerprint density at radius 2 is 0.827 bits per heavy atom. The Balaban J connectivity index is -0.0000000918. The molecule has 0 radical (unpaired) electrons. The highest BCUT2D eigenvalue weighted by atomic mass is 16.4. The van der Waals surface area contributed by atoms with E-state index in [1.165, 1.54) is 19.9 Å². The summed E-state index contributed by atoms with van der Waals surface area (Å²) < 4.78 is 0. The SMILES string of the molecule is C=C(C)C(=O)O.C=C(CC(=O)O)C(=O)O.C=CC(=O)O.CC(=CC(=O)O)C(=O)O.CC=CC(=O)O.O=C(O)C=CC(=O)O.O=C(O)CCCC(=O)O. The zero-order valence-corrected chi connectivity index (χ0v) is 27.8. The number of hydrogen-bond acceptors (Lipinski definition) is 11. The van der Waals surface area contributed by atoms with E-state index in [9.17, 15) is 52.7 Å². The lowest BCUT2D eigenvalue weighted by Crippen LogP contribution is -2.04. The monoisotopic (exact) mass is 752 g/mol. The van der Waals surface area contributed by atoms with Crippen LogP contribution in [0.5, 0.6) is 0 Å². The van der Waals surface area contributed by atoms with Crippen molar-refractivity contribution in [1.29, 1.82) is 0 Å². The molecule has 22 nitrogen and oxygen atoms in total. The predicted octanol–water partition coefficient (Wildman–Crippen LogP) is 1.79. The molecule has 0 aromatic rings. The van der Waals surface area contributed by atoms with E-state index in [1.807, 2.05) is 0 Å². The van der Waals surface area contributed by atoms with Crippen LogP contribution < -0.4 is 0 Å². The summed E-state index contributed by atoms with van der Waals surface area (Å²) >= 11 is 0. The highest BCUT2D eigenvalue weighted by molar-refractivity contribution is 5.94. The number of carbonyl (C=O) groups is 11. The molecule has 0 amide bonds. The summed E-state index contributed by atoms with van der Waals surface area (Å²) in [6.07, 6.45) is 4.73. The molecule has 0 unspecified atom stereocenters. The summed E-state index contributed by atoms with van der Waals surface area (Å²) in [5, 5.41) is 87.2. The molecule has 52 heavy (non-hydrogen) atoms. The van der Waals surface area contributed by atoms with E-state index in [4.69, 9.17) is 56.2 Å². The van der Waals surface area contributed by atoms with Gasteiger partial charge < -0.3 is 56.2 Å². The van der Waals surface area contributed by atoms with Gasteiger partial charge in [0.05, 0.1) is 6.42 Å². The van der Waals surface area contributed by atoms with E-state index in [1.54, 1.807) is 6.92 Å². The van der Waals surface area contributed by atoms with Crippen LogP contribution in [0.3, 0.4) is 0 Å². The van der Waals surface area contributed by atoms with Crippen LogP contribution in [0.1, 0.15) is 46.5 Å². The average molecular weight is 753 g/mol. The van der Waals surface area contributed by atoms with Crippen LogP contribution in [-0.4, -0.2) is 122 Å². The van der Waals surface area contributed by atoms with Crippen LogP contribution >= 0.6 is 0 Å². The van der Waals surface area contributed by atoms with Gasteiger partial charge in [0.2, 0.25) is 0 Å². The molecule has 0 rings (SSSR count). The summed E-state index contributed by atoms with van der Waals surface area (Å²) in [6, 6.07) is 0. The van der Waals surface area contributed by atoms with Crippen LogP contribution in [0, 0.1) is 0 Å². The Labute approximate surface area is 294 Å². The van der Waals surface area contributed by atoms with Crippen LogP contribution in [0.2, 0.25) is 0 Å². The molecule has 0 atom stereocenters. The number of allylic oxidation sites excluding steroid dienone is 1. The first kappa shape index (κ1) is 60.0. The second-order valence-corrected chi connectivity index (χ2v) is 8.07. The number of carboxylic acid groups (broad SMARTS) is 11. The lowest BCUT2D eigenvalue weighted by atomic mass is 10.2. The molecule has 0 bridgehead atoms. The number of aliphatic carboxylic acids is 11. The highest BCUT2D eigenvalue weighted by Crippen LogP contribution is 1.96.